The smallest absolute Gasteiger partial charge is 0.315 e. The van der Waals surface area contributed by atoms with Crippen LogP contribution in [0.3, 0.4) is 0 Å². The van der Waals surface area contributed by atoms with Crippen LogP contribution in [0.5, 0.6) is 5.75 Å². The van der Waals surface area contributed by atoms with Crippen molar-refractivity contribution >= 4 is 22.0 Å². The van der Waals surface area contributed by atoms with Crippen LogP contribution in [0.25, 0.3) is 0 Å². The average Bonchev–Trinajstić information content (AvgIpc) is 2.62. The van der Waals surface area contributed by atoms with Gasteiger partial charge in [0.15, 0.2) is 0 Å². The minimum atomic E-state index is -0.165. The lowest BCUT2D eigenvalue weighted by molar-refractivity contribution is 0.236. The highest BCUT2D eigenvalue weighted by Gasteiger charge is 2.15. The van der Waals surface area contributed by atoms with Crippen LogP contribution in [0.15, 0.2) is 53.0 Å². The Bertz CT molecular complexity index is 742. The summed E-state index contributed by atoms with van der Waals surface area (Å²) in [5.41, 5.74) is 2.45. The molecule has 2 aromatic rings. The Morgan fingerprint density at radius 2 is 1.85 bits per heavy atom. The molecule has 2 amide bonds. The molecule has 0 radical (unpaired) electrons. The largest absolute Gasteiger partial charge is 0.492 e. The fourth-order valence-electron chi connectivity index (χ4n) is 2.61. The Kier molecular flexibility index (Phi) is 7.72. The zero-order valence-corrected chi connectivity index (χ0v) is 18.1. The van der Waals surface area contributed by atoms with Gasteiger partial charge in [0.05, 0.1) is 17.1 Å². The van der Waals surface area contributed by atoms with Gasteiger partial charge in [0.1, 0.15) is 5.75 Å². The molecule has 1 unspecified atom stereocenters. The molecule has 0 saturated carbocycles. The van der Waals surface area contributed by atoms with E-state index in [0.29, 0.717) is 13.2 Å². The van der Waals surface area contributed by atoms with Gasteiger partial charge in [0.2, 0.25) is 0 Å². The summed E-state index contributed by atoms with van der Waals surface area (Å²) in [6.07, 6.45) is 0.737. The van der Waals surface area contributed by atoms with Gasteiger partial charge in [0.25, 0.3) is 0 Å². The molecule has 0 aliphatic heterocycles. The van der Waals surface area contributed by atoms with Gasteiger partial charge in [-0.2, -0.15) is 0 Å². The summed E-state index contributed by atoms with van der Waals surface area (Å²) in [7, 11) is 0. The van der Waals surface area contributed by atoms with Crippen LogP contribution in [0.2, 0.25) is 0 Å². The molecule has 0 bridgehead atoms. The molecule has 0 heterocycles. The second-order valence-electron chi connectivity index (χ2n) is 7.63. The van der Waals surface area contributed by atoms with E-state index in [1.165, 1.54) is 5.56 Å². The number of nitrogens with one attached hydrogen (secondary N) is 2. The van der Waals surface area contributed by atoms with Crippen LogP contribution in [0.4, 0.5) is 4.79 Å². The first-order chi connectivity index (χ1) is 12.8. The number of carbonyl (C=O) groups is 1. The lowest BCUT2D eigenvalue weighted by Crippen LogP contribution is -2.37. The highest BCUT2D eigenvalue weighted by Crippen LogP contribution is 2.31. The Hall–Kier alpha value is -2.01. The molecule has 0 fully saturated rings. The highest BCUT2D eigenvalue weighted by atomic mass is 79.9. The zero-order valence-electron chi connectivity index (χ0n) is 16.5. The van der Waals surface area contributed by atoms with Gasteiger partial charge in [0, 0.05) is 6.54 Å². The van der Waals surface area contributed by atoms with E-state index >= 15 is 0 Å². The summed E-state index contributed by atoms with van der Waals surface area (Å²) in [6, 6.07) is 15.9. The first-order valence-electron chi connectivity index (χ1n) is 9.29. The van der Waals surface area contributed by atoms with E-state index in [1.54, 1.807) is 0 Å². The van der Waals surface area contributed by atoms with Crippen molar-refractivity contribution in [2.24, 2.45) is 0 Å². The molecule has 5 heteroatoms. The van der Waals surface area contributed by atoms with Gasteiger partial charge >= 0.3 is 6.03 Å². The van der Waals surface area contributed by atoms with Crippen molar-refractivity contribution in [3.63, 3.8) is 0 Å². The maximum atomic E-state index is 12.0. The molecular weight excluding hydrogens is 404 g/mol. The lowest BCUT2D eigenvalue weighted by atomic mass is 9.87. The standard InChI is InChI=1S/C22H29BrN2O2/c1-16(17-9-6-5-7-10-17)25-21(26)24-13-8-14-27-20-12-11-18(15-19(20)23)22(2,3)4/h5-7,9-12,15-16H,8,13-14H2,1-4H3,(H2,24,25,26). The van der Waals surface area contributed by atoms with Crippen molar-refractivity contribution in [2.45, 2.75) is 45.6 Å². The van der Waals surface area contributed by atoms with Crippen molar-refractivity contribution in [2.75, 3.05) is 13.2 Å². The topological polar surface area (TPSA) is 50.4 Å². The van der Waals surface area contributed by atoms with Crippen molar-refractivity contribution in [3.05, 3.63) is 64.1 Å². The van der Waals surface area contributed by atoms with Crippen molar-refractivity contribution in [1.82, 2.24) is 10.6 Å². The molecule has 1 atom stereocenters. The molecule has 2 rings (SSSR count). The van der Waals surface area contributed by atoms with Gasteiger partial charge in [-0.1, -0.05) is 57.2 Å². The number of hydrogen-bond donors (Lipinski definition) is 2. The molecule has 0 spiro atoms. The van der Waals surface area contributed by atoms with E-state index in [9.17, 15) is 4.79 Å². The number of carbonyl (C=O) groups excluding carboxylic acids is 1. The Morgan fingerprint density at radius 1 is 1.15 bits per heavy atom. The van der Waals surface area contributed by atoms with Gasteiger partial charge in [-0.25, -0.2) is 4.79 Å². The van der Waals surface area contributed by atoms with Gasteiger partial charge in [-0.3, -0.25) is 0 Å². The third-order valence-corrected chi connectivity index (χ3v) is 4.93. The molecule has 146 valence electrons. The molecular formula is C22H29BrN2O2. The number of urea groups is 1. The van der Waals surface area contributed by atoms with Crippen LogP contribution in [-0.4, -0.2) is 19.2 Å². The molecule has 0 aromatic heterocycles. The molecule has 27 heavy (non-hydrogen) atoms. The minimum Gasteiger partial charge on any atom is -0.492 e. The number of hydrogen-bond acceptors (Lipinski definition) is 2. The molecule has 0 aliphatic carbocycles. The highest BCUT2D eigenvalue weighted by molar-refractivity contribution is 9.10. The quantitative estimate of drug-likeness (QED) is 0.561. The van der Waals surface area contributed by atoms with E-state index in [-0.39, 0.29) is 17.5 Å². The molecule has 2 N–H and O–H groups in total. The SMILES string of the molecule is CC(NC(=O)NCCCOc1ccc(C(C)(C)C)cc1Br)c1ccccc1. The van der Waals surface area contributed by atoms with E-state index in [4.69, 9.17) is 4.74 Å². The summed E-state index contributed by atoms with van der Waals surface area (Å²) in [5, 5.41) is 5.81. The Morgan fingerprint density at radius 3 is 2.48 bits per heavy atom. The minimum absolute atomic E-state index is 0.0280. The van der Waals surface area contributed by atoms with Gasteiger partial charge in [-0.05, 0) is 57.9 Å². The van der Waals surface area contributed by atoms with E-state index in [1.807, 2.05) is 43.3 Å². The fraction of sp³-hybridized carbons (Fsp3) is 0.409. The van der Waals surface area contributed by atoms with Crippen LogP contribution >= 0.6 is 15.9 Å². The maximum absolute atomic E-state index is 12.0. The number of amides is 2. The van der Waals surface area contributed by atoms with E-state index in [0.717, 1.165) is 22.2 Å². The van der Waals surface area contributed by atoms with Crippen LogP contribution in [0, 0.1) is 0 Å². The summed E-state index contributed by atoms with van der Waals surface area (Å²) in [4.78, 5) is 12.0. The average molecular weight is 433 g/mol. The summed E-state index contributed by atoms with van der Waals surface area (Å²) in [5.74, 6) is 0.824. The molecule has 2 aromatic carbocycles. The third kappa shape index (κ3) is 6.90. The number of halogens is 1. The van der Waals surface area contributed by atoms with Crippen LogP contribution in [0.1, 0.15) is 51.3 Å². The first kappa shape index (κ1) is 21.3. The maximum Gasteiger partial charge on any atom is 0.315 e. The Balaban J connectivity index is 1.69. The van der Waals surface area contributed by atoms with Gasteiger partial charge in [-0.15, -0.1) is 0 Å². The summed E-state index contributed by atoms with van der Waals surface area (Å²) in [6.45, 7) is 9.63. The fourth-order valence-corrected chi connectivity index (χ4v) is 3.11. The molecule has 4 nitrogen and oxygen atoms in total. The van der Waals surface area contributed by atoms with Crippen molar-refractivity contribution in [3.8, 4) is 5.75 Å². The molecule has 0 saturated heterocycles. The van der Waals surface area contributed by atoms with Crippen LogP contribution in [-0.2, 0) is 5.41 Å². The van der Waals surface area contributed by atoms with Gasteiger partial charge < -0.3 is 15.4 Å². The predicted molar refractivity (Wildman–Crippen MR) is 114 cm³/mol. The normalized spacial score (nSPS) is 12.3. The van der Waals surface area contributed by atoms with E-state index in [2.05, 4.69) is 59.5 Å². The predicted octanol–water partition coefficient (Wildman–Crippen LogP) is 5.58. The summed E-state index contributed by atoms with van der Waals surface area (Å²) >= 11 is 3.58. The number of ether oxygens (including phenoxy) is 1. The lowest BCUT2D eigenvalue weighted by Gasteiger charge is -2.20. The number of rotatable bonds is 7. The van der Waals surface area contributed by atoms with Crippen molar-refractivity contribution < 1.29 is 9.53 Å². The van der Waals surface area contributed by atoms with Crippen LogP contribution < -0.4 is 15.4 Å². The second kappa shape index (κ2) is 9.79. The Labute approximate surface area is 170 Å². The van der Waals surface area contributed by atoms with Crippen molar-refractivity contribution in [1.29, 1.82) is 0 Å². The monoisotopic (exact) mass is 432 g/mol. The number of benzene rings is 2. The van der Waals surface area contributed by atoms with E-state index < -0.39 is 0 Å². The second-order valence-corrected chi connectivity index (χ2v) is 8.48. The summed E-state index contributed by atoms with van der Waals surface area (Å²) < 4.78 is 6.77. The third-order valence-electron chi connectivity index (χ3n) is 4.31. The zero-order chi connectivity index (χ0) is 19.9. The molecule has 0 aliphatic rings. The first-order valence-corrected chi connectivity index (χ1v) is 10.1.